The van der Waals surface area contributed by atoms with Crippen molar-refractivity contribution in [3.05, 3.63) is 0 Å². The Kier molecular flexibility index (Phi) is 700. The molecule has 0 bridgehead atoms. The molecule has 9 heavy (non-hydrogen) atoms. The molecule has 3 N–H and O–H groups in total. The van der Waals surface area contributed by atoms with Crippen LogP contribution in [-0.4, -0.2) is 126 Å². The first-order valence-corrected chi connectivity index (χ1v) is 0. The van der Waals surface area contributed by atoms with Crippen molar-refractivity contribution < 1.29 is 52.7 Å². The van der Waals surface area contributed by atoms with E-state index in [1.54, 1.807) is 0 Å². The minimum Gasteiger partial charge on any atom is -0.0149 e. The van der Waals surface area contributed by atoms with Gasteiger partial charge in [0.05, 0.1) is 0 Å². The molecule has 0 aliphatic carbocycles. The summed E-state index contributed by atoms with van der Waals surface area (Å²) in [6.45, 7) is 0. The van der Waals surface area contributed by atoms with Crippen LogP contribution in [0.3, 0.4) is 0 Å². The van der Waals surface area contributed by atoms with Crippen molar-refractivity contribution in [3.8, 4) is 0 Å². The Labute approximate surface area is 180 Å². The molecule has 0 fully saturated rings. The van der Waals surface area contributed by atoms with Crippen LogP contribution >= 0.6 is 0 Å². The van der Waals surface area contributed by atoms with Crippen LogP contribution in [0.2, 0.25) is 0 Å². The molecule has 0 aliphatic heterocycles. The zero-order chi connectivity index (χ0) is 0. The molecule has 1 nitrogen and oxygen atoms in total. The summed E-state index contributed by atoms with van der Waals surface area (Å²) in [5, 5.41) is 0. The fourth-order valence-electron chi connectivity index (χ4n) is 0. The molecule has 0 amide bonds. The molecule has 0 rings (SSSR count). The molecule has 0 aromatic heterocycles. The number of hydrogen-bond donors (Lipinski definition) is 1. The summed E-state index contributed by atoms with van der Waals surface area (Å²) in [5.41, 5.74) is 0. The van der Waals surface area contributed by atoms with Crippen molar-refractivity contribution in [2.24, 2.45) is 0 Å². The van der Waals surface area contributed by atoms with Gasteiger partial charge in [0.1, 0.15) is 0 Å². The van der Waals surface area contributed by atoms with Gasteiger partial charge in [-0.1, -0.05) is 0 Å². The van der Waals surface area contributed by atoms with Crippen LogP contribution in [0, 0.1) is 0 Å². The zero-order valence-electron chi connectivity index (χ0n) is 1.89. The van der Waals surface area contributed by atoms with Crippen molar-refractivity contribution in [2.75, 3.05) is 0 Å². The molecule has 2 radical (unpaired) electrons. The Morgan fingerprint density at radius 3 is 0.889 bits per heavy atom. The van der Waals surface area contributed by atoms with E-state index in [9.17, 15) is 0 Å². The predicted molar refractivity (Wildman–Crippen MR) is 54.7 cm³/mol. The Bertz CT molecular complexity index is 26.5. The van der Waals surface area contributed by atoms with Gasteiger partial charge in [0.25, 0.3) is 0 Å². The maximum absolute atomic E-state index is 0. The topological polar surface area (TPSA) is 35.0 Å². The molecular formula is H18AlBaCaFeMnNSi2V. The minimum atomic E-state index is 0. The van der Waals surface area contributed by atoms with Gasteiger partial charge in [-0.25, -0.2) is 0 Å². The van der Waals surface area contributed by atoms with Crippen LogP contribution in [0.5, 0.6) is 0 Å². The van der Waals surface area contributed by atoms with Crippen LogP contribution < -0.4 is 6.15 Å². The summed E-state index contributed by atoms with van der Waals surface area (Å²) in [4.78, 5) is 0. The van der Waals surface area contributed by atoms with Crippen LogP contribution in [-0.2, 0) is 52.7 Å². The second-order valence-corrected chi connectivity index (χ2v) is 0. The van der Waals surface area contributed by atoms with Crippen molar-refractivity contribution in [1.29, 1.82) is 0 Å². The molecule has 0 saturated carbocycles. The molecule has 0 unspecified atom stereocenters. The van der Waals surface area contributed by atoms with Gasteiger partial charge in [0, 0.05) is 52.7 Å². The Morgan fingerprint density at radius 2 is 0.889 bits per heavy atom. The second-order valence-electron chi connectivity index (χ2n) is 0. The summed E-state index contributed by atoms with van der Waals surface area (Å²) in [5.74, 6) is 0. The van der Waals surface area contributed by atoms with E-state index in [2.05, 4.69) is 0 Å². The average Bonchev–Trinajstić information content (AvgIpc) is 0. The van der Waals surface area contributed by atoms with Gasteiger partial charge in [-0.05, 0) is 21.9 Å². The summed E-state index contributed by atoms with van der Waals surface area (Å²) in [7, 11) is 0. The largest absolute Gasteiger partial charge is 0.0149 e. The van der Waals surface area contributed by atoms with E-state index >= 15 is 0 Å². The molecule has 0 aromatic rings. The second kappa shape index (κ2) is 70.8. The number of rotatable bonds is 0. The van der Waals surface area contributed by atoms with Crippen molar-refractivity contribution in [1.82, 2.24) is 6.15 Å². The van der Waals surface area contributed by atoms with Gasteiger partial charge in [-0.15, -0.1) is 0 Å². The molecule has 0 heterocycles. The standard InChI is InChI=1S/Al.Ba.Ca.Fe.Mn.H3N.2H4Si.V.7H/h;;;;;1H3;2*1H4;;;;;;;;. The van der Waals surface area contributed by atoms with Gasteiger partial charge in [0.2, 0.25) is 0 Å². The van der Waals surface area contributed by atoms with E-state index in [-0.39, 0.29) is 185 Å². The monoisotopic (exact) mass is 455 g/mol. The van der Waals surface area contributed by atoms with E-state index in [0.717, 1.165) is 0 Å². The third-order valence-electron chi connectivity index (χ3n) is 0. The first-order valence-electron chi connectivity index (χ1n) is 0. The van der Waals surface area contributed by atoms with Gasteiger partial charge >= 0.3 is 86.6 Å². The van der Waals surface area contributed by atoms with Crippen molar-refractivity contribution in [2.45, 2.75) is 0 Å². The quantitative estimate of drug-likeness (QED) is 0.364. The minimum absolute atomic E-state index is 0. The Hall–Kier alpha value is 5.38. The normalized spacial score (nSPS) is 0. The first kappa shape index (κ1) is 88.9. The third kappa shape index (κ3) is 59.9. The van der Waals surface area contributed by atoms with E-state index in [4.69, 9.17) is 0 Å². The summed E-state index contributed by atoms with van der Waals surface area (Å²) in [6.07, 6.45) is 0. The van der Waals surface area contributed by atoms with Crippen LogP contribution in [0.15, 0.2) is 0 Å². The molecular weight excluding hydrogens is 436 g/mol. The molecule has 58 valence electrons. The smallest absolute Gasteiger partial charge is 0 e. The SMILES string of the molecule is N.[AlH3].[BaH2].[CaH2].[Fe].[Mn].[SiH4].[SiH4].[V]. The molecule has 0 saturated heterocycles. The average molecular weight is 454 g/mol. The predicted octanol–water partition coefficient (Wildman–Crippen LogP) is -5.76. The maximum Gasteiger partial charge on any atom is 0 e. The molecule has 0 spiro atoms. The van der Waals surface area contributed by atoms with E-state index < -0.39 is 0 Å². The fraction of sp³-hybridized carbons (Fsp3) is 0. The molecule has 0 aliphatic rings. The molecule has 0 atom stereocenters. The Morgan fingerprint density at radius 1 is 0.889 bits per heavy atom. The number of hydrogen-bond acceptors (Lipinski definition) is 1. The molecule has 0 aromatic carbocycles. The van der Waals surface area contributed by atoms with Crippen molar-refractivity contribution in [3.63, 3.8) is 0 Å². The summed E-state index contributed by atoms with van der Waals surface area (Å²) < 4.78 is 0. The zero-order valence-corrected chi connectivity index (χ0v) is 5.57. The molecule has 9 heteroatoms. The van der Waals surface area contributed by atoms with Crippen LogP contribution in [0.4, 0.5) is 0 Å². The fourth-order valence-corrected chi connectivity index (χ4v) is 0. The summed E-state index contributed by atoms with van der Waals surface area (Å²) in [6, 6.07) is 0. The van der Waals surface area contributed by atoms with Crippen LogP contribution in [0.1, 0.15) is 0 Å². The van der Waals surface area contributed by atoms with E-state index in [0.29, 0.717) is 0 Å². The first-order chi connectivity index (χ1) is 0. The van der Waals surface area contributed by atoms with Gasteiger partial charge in [-0.3, -0.25) is 0 Å². The van der Waals surface area contributed by atoms with Gasteiger partial charge in [-0.2, -0.15) is 0 Å². The van der Waals surface area contributed by atoms with Crippen molar-refractivity contribution >= 4 is 126 Å². The maximum atomic E-state index is 0. The summed E-state index contributed by atoms with van der Waals surface area (Å²) >= 11 is 0. The van der Waals surface area contributed by atoms with Crippen LogP contribution in [0.25, 0.3) is 0 Å². The van der Waals surface area contributed by atoms with E-state index in [1.807, 2.05) is 0 Å². The van der Waals surface area contributed by atoms with Gasteiger partial charge < -0.3 is 6.15 Å². The third-order valence-corrected chi connectivity index (χ3v) is 0. The van der Waals surface area contributed by atoms with E-state index in [1.165, 1.54) is 0 Å². The Balaban J connectivity index is 0. The van der Waals surface area contributed by atoms with Gasteiger partial charge in [0.15, 0.2) is 17.4 Å².